The minimum atomic E-state index is -0.335. The molecule has 17 heavy (non-hydrogen) atoms. The van der Waals surface area contributed by atoms with Crippen molar-refractivity contribution in [3.05, 3.63) is 40.9 Å². The number of imide groups is 1. The number of benzene rings is 1. The van der Waals surface area contributed by atoms with E-state index in [1.165, 1.54) is 11.8 Å². The van der Waals surface area contributed by atoms with Crippen molar-refractivity contribution in [3.8, 4) is 0 Å². The molecule has 0 unspecified atom stereocenters. The number of likely N-dealkylation sites (N-methyl/N-ethyl adjacent to an activating group) is 1. The molecular weight excluding hydrogens is 236 g/mol. The Bertz CT molecular complexity index is 494. The molecule has 0 aromatic heterocycles. The van der Waals surface area contributed by atoms with Gasteiger partial charge < -0.3 is 4.90 Å². The zero-order chi connectivity index (χ0) is 12.4. The average Bonchev–Trinajstić information content (AvgIpc) is 2.55. The first-order valence-electron chi connectivity index (χ1n) is 5.10. The van der Waals surface area contributed by atoms with Gasteiger partial charge in [-0.3, -0.25) is 14.9 Å². The van der Waals surface area contributed by atoms with Gasteiger partial charge in [-0.2, -0.15) is 0 Å². The molecule has 1 aromatic rings. The van der Waals surface area contributed by atoms with E-state index in [9.17, 15) is 9.59 Å². The molecule has 0 bridgehead atoms. The Labute approximate surface area is 104 Å². The Morgan fingerprint density at radius 1 is 1.06 bits per heavy atom. The molecule has 5 heteroatoms. The highest BCUT2D eigenvalue weighted by atomic mass is 32.2. The highest BCUT2D eigenvalue weighted by Crippen LogP contribution is 2.32. The molecule has 0 saturated heterocycles. The zero-order valence-corrected chi connectivity index (χ0v) is 10.4. The van der Waals surface area contributed by atoms with Gasteiger partial charge in [0.2, 0.25) is 0 Å². The van der Waals surface area contributed by atoms with Gasteiger partial charge in [-0.1, -0.05) is 30.0 Å². The summed E-state index contributed by atoms with van der Waals surface area (Å²) in [6.45, 7) is 0. The molecule has 0 fully saturated rings. The van der Waals surface area contributed by atoms with Crippen LogP contribution in [0.25, 0.3) is 0 Å². The second-order valence-corrected chi connectivity index (χ2v) is 4.85. The van der Waals surface area contributed by atoms with Crippen molar-refractivity contribution in [2.45, 2.75) is 4.90 Å². The number of thioether (sulfide) groups is 1. The molecule has 4 nitrogen and oxygen atoms in total. The molecule has 0 radical (unpaired) electrons. The highest BCUT2D eigenvalue weighted by Gasteiger charge is 2.32. The van der Waals surface area contributed by atoms with E-state index in [1.807, 2.05) is 30.3 Å². The van der Waals surface area contributed by atoms with Crippen molar-refractivity contribution in [2.24, 2.45) is 0 Å². The van der Waals surface area contributed by atoms with Crippen molar-refractivity contribution in [1.82, 2.24) is 10.2 Å². The van der Waals surface area contributed by atoms with Crippen molar-refractivity contribution in [1.29, 1.82) is 0 Å². The summed E-state index contributed by atoms with van der Waals surface area (Å²) in [7, 11) is 3.50. The summed E-state index contributed by atoms with van der Waals surface area (Å²) >= 11 is 1.30. The summed E-state index contributed by atoms with van der Waals surface area (Å²) in [5, 5.41) is 2.30. The molecule has 0 atom stereocenters. The van der Waals surface area contributed by atoms with Crippen LogP contribution in [0.15, 0.2) is 45.8 Å². The van der Waals surface area contributed by atoms with Crippen LogP contribution in [0.4, 0.5) is 0 Å². The summed E-state index contributed by atoms with van der Waals surface area (Å²) in [5.74, 6) is -0.661. The van der Waals surface area contributed by atoms with Gasteiger partial charge in [0, 0.05) is 19.0 Å². The monoisotopic (exact) mass is 248 g/mol. The third kappa shape index (κ3) is 2.34. The normalized spacial score (nSPS) is 15.2. The van der Waals surface area contributed by atoms with E-state index in [0.717, 1.165) is 4.90 Å². The van der Waals surface area contributed by atoms with Crippen LogP contribution in [-0.4, -0.2) is 30.8 Å². The SMILES string of the molecule is CN(C)C1=C(Sc2ccccc2)C(=O)NC1=O. The Kier molecular flexibility index (Phi) is 3.19. The molecule has 1 aromatic carbocycles. The average molecular weight is 248 g/mol. The number of carbonyl (C=O) groups is 2. The molecular formula is C12H12N2O2S. The number of carbonyl (C=O) groups excluding carboxylic acids is 2. The topological polar surface area (TPSA) is 49.4 Å². The minimum absolute atomic E-state index is 0.326. The zero-order valence-electron chi connectivity index (χ0n) is 9.56. The maximum atomic E-state index is 11.7. The molecule has 2 amide bonds. The van der Waals surface area contributed by atoms with Gasteiger partial charge in [0.25, 0.3) is 11.8 Å². The smallest absolute Gasteiger partial charge is 0.275 e. The van der Waals surface area contributed by atoms with Crippen LogP contribution in [0.2, 0.25) is 0 Å². The van der Waals surface area contributed by atoms with E-state index in [1.54, 1.807) is 19.0 Å². The fourth-order valence-corrected chi connectivity index (χ4v) is 2.58. The summed E-state index contributed by atoms with van der Waals surface area (Å²) in [6.07, 6.45) is 0. The summed E-state index contributed by atoms with van der Waals surface area (Å²) in [4.78, 5) is 26.3. The standard InChI is InChI=1S/C12H12N2O2S/c1-14(2)9-10(12(16)13-11(9)15)17-8-6-4-3-5-7-8/h3-7H,1-2H3,(H,13,15,16). The molecule has 2 rings (SSSR count). The van der Waals surface area contributed by atoms with E-state index >= 15 is 0 Å². The third-order valence-electron chi connectivity index (χ3n) is 2.27. The summed E-state index contributed by atoms with van der Waals surface area (Å²) in [5.41, 5.74) is 0.420. The Balaban J connectivity index is 2.35. The quantitative estimate of drug-likeness (QED) is 0.817. The van der Waals surface area contributed by atoms with Gasteiger partial charge >= 0.3 is 0 Å². The van der Waals surface area contributed by atoms with Gasteiger partial charge in [0.05, 0.1) is 0 Å². The number of hydrogen-bond donors (Lipinski definition) is 1. The predicted molar refractivity (Wildman–Crippen MR) is 66.2 cm³/mol. The maximum absolute atomic E-state index is 11.7. The van der Waals surface area contributed by atoms with E-state index in [0.29, 0.717) is 10.6 Å². The first kappa shape index (κ1) is 11.7. The van der Waals surface area contributed by atoms with Crippen LogP contribution < -0.4 is 5.32 Å². The van der Waals surface area contributed by atoms with Crippen molar-refractivity contribution in [3.63, 3.8) is 0 Å². The van der Waals surface area contributed by atoms with Crippen LogP contribution in [0.5, 0.6) is 0 Å². The third-order valence-corrected chi connectivity index (χ3v) is 3.36. The van der Waals surface area contributed by atoms with Crippen LogP contribution in [-0.2, 0) is 9.59 Å². The maximum Gasteiger partial charge on any atom is 0.275 e. The molecule has 1 N–H and O–H groups in total. The van der Waals surface area contributed by atoms with E-state index < -0.39 is 0 Å². The molecule has 1 aliphatic heterocycles. The number of rotatable bonds is 3. The Morgan fingerprint density at radius 2 is 1.71 bits per heavy atom. The molecule has 0 aliphatic carbocycles. The molecule has 1 aliphatic rings. The van der Waals surface area contributed by atoms with Crippen LogP contribution in [0, 0.1) is 0 Å². The first-order valence-corrected chi connectivity index (χ1v) is 5.91. The molecule has 1 heterocycles. The van der Waals surface area contributed by atoms with E-state index in [4.69, 9.17) is 0 Å². The molecule has 0 saturated carbocycles. The second-order valence-electron chi connectivity index (χ2n) is 3.77. The summed E-state index contributed by atoms with van der Waals surface area (Å²) < 4.78 is 0. The first-order chi connectivity index (χ1) is 8.09. The van der Waals surface area contributed by atoms with Gasteiger partial charge in [0.1, 0.15) is 10.6 Å². The van der Waals surface area contributed by atoms with Gasteiger partial charge in [-0.25, -0.2) is 0 Å². The fourth-order valence-electron chi connectivity index (χ4n) is 1.54. The van der Waals surface area contributed by atoms with Crippen molar-refractivity contribution in [2.75, 3.05) is 14.1 Å². The van der Waals surface area contributed by atoms with Gasteiger partial charge in [-0.15, -0.1) is 0 Å². The molecule has 0 spiro atoms. The lowest BCUT2D eigenvalue weighted by atomic mass is 10.4. The number of nitrogens with zero attached hydrogens (tertiary/aromatic N) is 1. The van der Waals surface area contributed by atoms with E-state index in [2.05, 4.69) is 5.32 Å². The predicted octanol–water partition coefficient (Wildman–Crippen LogP) is 1.21. The van der Waals surface area contributed by atoms with Crippen molar-refractivity contribution >= 4 is 23.6 Å². The lowest BCUT2D eigenvalue weighted by Gasteiger charge is -2.12. The Hall–Kier alpha value is -1.75. The van der Waals surface area contributed by atoms with Crippen molar-refractivity contribution < 1.29 is 9.59 Å². The molecule has 88 valence electrons. The summed E-state index contributed by atoms with van der Waals surface area (Å²) in [6, 6.07) is 9.51. The number of nitrogens with one attached hydrogen (secondary N) is 1. The van der Waals surface area contributed by atoms with Crippen LogP contribution >= 0.6 is 11.8 Å². The lowest BCUT2D eigenvalue weighted by molar-refractivity contribution is -0.124. The largest absolute Gasteiger partial charge is 0.372 e. The van der Waals surface area contributed by atoms with E-state index in [-0.39, 0.29) is 11.8 Å². The highest BCUT2D eigenvalue weighted by molar-refractivity contribution is 8.04. The number of hydrogen-bond acceptors (Lipinski definition) is 4. The van der Waals surface area contributed by atoms with Crippen LogP contribution in [0.3, 0.4) is 0 Å². The minimum Gasteiger partial charge on any atom is -0.372 e. The van der Waals surface area contributed by atoms with Gasteiger partial charge in [0.15, 0.2) is 0 Å². The second kappa shape index (κ2) is 4.63. The van der Waals surface area contributed by atoms with Crippen LogP contribution in [0.1, 0.15) is 0 Å². The van der Waals surface area contributed by atoms with Gasteiger partial charge in [-0.05, 0) is 12.1 Å². The lowest BCUT2D eigenvalue weighted by Crippen LogP contribution is -2.26. The number of amides is 2. The Morgan fingerprint density at radius 3 is 2.29 bits per heavy atom. The fraction of sp³-hybridized carbons (Fsp3) is 0.167.